The van der Waals surface area contributed by atoms with Crippen LogP contribution in [-0.2, 0) is 13.1 Å². The Balaban J connectivity index is 2.05. The number of nitrogens with zero attached hydrogens (tertiary/aromatic N) is 1. The SMILES string of the molecule is CCn1cc(Cl)cc1C(=O)NCc1cccc(O)c1. The fraction of sp³-hybridized carbons (Fsp3) is 0.214. The second kappa shape index (κ2) is 5.80. The number of phenolic OH excluding ortho intramolecular Hbond substituents is 1. The van der Waals surface area contributed by atoms with Crippen molar-refractivity contribution in [3.05, 3.63) is 52.8 Å². The molecule has 0 unspecified atom stereocenters. The van der Waals surface area contributed by atoms with Crippen molar-refractivity contribution in [1.29, 1.82) is 0 Å². The predicted molar refractivity (Wildman–Crippen MR) is 74.4 cm³/mol. The molecule has 0 saturated carbocycles. The Morgan fingerprint density at radius 1 is 1.42 bits per heavy atom. The lowest BCUT2D eigenvalue weighted by Crippen LogP contribution is -2.25. The molecule has 1 aromatic heterocycles. The van der Waals surface area contributed by atoms with E-state index >= 15 is 0 Å². The molecular weight excluding hydrogens is 264 g/mol. The fourth-order valence-corrected chi connectivity index (χ4v) is 2.09. The van der Waals surface area contributed by atoms with Gasteiger partial charge in [-0.15, -0.1) is 0 Å². The number of amides is 1. The molecule has 0 spiro atoms. The largest absolute Gasteiger partial charge is 0.508 e. The summed E-state index contributed by atoms with van der Waals surface area (Å²) in [6.45, 7) is 2.99. The van der Waals surface area contributed by atoms with Crippen LogP contribution in [0.3, 0.4) is 0 Å². The van der Waals surface area contributed by atoms with Crippen LogP contribution in [0.1, 0.15) is 23.0 Å². The summed E-state index contributed by atoms with van der Waals surface area (Å²) in [5.74, 6) is 0.00354. The second-order valence-corrected chi connectivity index (χ2v) is 4.62. The molecule has 100 valence electrons. The van der Waals surface area contributed by atoms with Gasteiger partial charge in [0.2, 0.25) is 0 Å². The van der Waals surface area contributed by atoms with Crippen molar-refractivity contribution in [2.75, 3.05) is 0 Å². The molecule has 2 aromatic rings. The summed E-state index contributed by atoms with van der Waals surface area (Å²) in [5, 5.41) is 12.7. The number of hydrogen-bond donors (Lipinski definition) is 2. The third-order valence-corrected chi connectivity index (χ3v) is 3.01. The Morgan fingerprint density at radius 3 is 2.89 bits per heavy atom. The van der Waals surface area contributed by atoms with E-state index in [1.54, 1.807) is 35.0 Å². The summed E-state index contributed by atoms with van der Waals surface area (Å²) in [7, 11) is 0. The monoisotopic (exact) mass is 278 g/mol. The van der Waals surface area contributed by atoms with Crippen LogP contribution in [0, 0.1) is 0 Å². The third kappa shape index (κ3) is 3.29. The minimum absolute atomic E-state index is 0.183. The molecule has 4 nitrogen and oxygen atoms in total. The number of aromatic nitrogens is 1. The van der Waals surface area contributed by atoms with Gasteiger partial charge in [0, 0.05) is 19.3 Å². The minimum Gasteiger partial charge on any atom is -0.508 e. The maximum atomic E-state index is 12.0. The lowest BCUT2D eigenvalue weighted by Gasteiger charge is -2.08. The number of aromatic hydroxyl groups is 1. The molecule has 0 fully saturated rings. The summed E-state index contributed by atoms with van der Waals surface area (Å²) in [6.07, 6.45) is 1.73. The van der Waals surface area contributed by atoms with Gasteiger partial charge in [-0.25, -0.2) is 0 Å². The van der Waals surface area contributed by atoms with Gasteiger partial charge in [-0.05, 0) is 30.7 Å². The number of rotatable bonds is 4. The molecule has 2 rings (SSSR count). The number of nitrogens with one attached hydrogen (secondary N) is 1. The van der Waals surface area contributed by atoms with Crippen LogP contribution < -0.4 is 5.32 Å². The summed E-state index contributed by atoms with van der Waals surface area (Å²) >= 11 is 5.89. The molecule has 0 atom stereocenters. The topological polar surface area (TPSA) is 54.3 Å². The zero-order valence-corrected chi connectivity index (χ0v) is 11.3. The lowest BCUT2D eigenvalue weighted by molar-refractivity contribution is 0.0941. The van der Waals surface area contributed by atoms with Crippen LogP contribution in [0.15, 0.2) is 36.5 Å². The van der Waals surface area contributed by atoms with E-state index in [4.69, 9.17) is 11.6 Å². The molecule has 0 aliphatic carbocycles. The van der Waals surface area contributed by atoms with Crippen molar-refractivity contribution in [3.8, 4) is 5.75 Å². The smallest absolute Gasteiger partial charge is 0.268 e. The van der Waals surface area contributed by atoms with Gasteiger partial charge in [-0.1, -0.05) is 23.7 Å². The first-order chi connectivity index (χ1) is 9.10. The summed E-state index contributed by atoms with van der Waals surface area (Å²) in [4.78, 5) is 12.0. The zero-order valence-electron chi connectivity index (χ0n) is 10.6. The standard InChI is InChI=1S/C14H15ClN2O2/c1-2-17-9-11(15)7-13(17)14(19)16-8-10-4-3-5-12(18)6-10/h3-7,9,18H,2,8H2,1H3,(H,16,19). The van der Waals surface area contributed by atoms with E-state index in [1.807, 2.05) is 13.0 Å². The molecule has 0 bridgehead atoms. The molecule has 19 heavy (non-hydrogen) atoms. The van der Waals surface area contributed by atoms with E-state index in [0.717, 1.165) is 5.56 Å². The van der Waals surface area contributed by atoms with Gasteiger partial charge in [0.05, 0.1) is 5.02 Å². The highest BCUT2D eigenvalue weighted by Gasteiger charge is 2.11. The van der Waals surface area contributed by atoms with E-state index in [0.29, 0.717) is 23.8 Å². The minimum atomic E-state index is -0.183. The summed E-state index contributed by atoms with van der Waals surface area (Å²) in [6, 6.07) is 8.43. The van der Waals surface area contributed by atoms with Crippen LogP contribution in [0.5, 0.6) is 5.75 Å². The maximum Gasteiger partial charge on any atom is 0.268 e. The van der Waals surface area contributed by atoms with Crippen LogP contribution in [0.4, 0.5) is 0 Å². The van der Waals surface area contributed by atoms with E-state index in [1.165, 1.54) is 0 Å². The van der Waals surface area contributed by atoms with E-state index in [-0.39, 0.29) is 11.7 Å². The fourth-order valence-electron chi connectivity index (χ4n) is 1.87. The average Bonchev–Trinajstić information content (AvgIpc) is 2.77. The number of phenols is 1. The van der Waals surface area contributed by atoms with E-state index in [2.05, 4.69) is 5.32 Å². The number of benzene rings is 1. The normalized spacial score (nSPS) is 10.4. The third-order valence-electron chi connectivity index (χ3n) is 2.80. The highest BCUT2D eigenvalue weighted by molar-refractivity contribution is 6.31. The summed E-state index contributed by atoms with van der Waals surface area (Å²) < 4.78 is 1.79. The molecular formula is C14H15ClN2O2. The van der Waals surface area contributed by atoms with Gasteiger partial charge in [0.1, 0.15) is 11.4 Å². The van der Waals surface area contributed by atoms with Crippen LogP contribution in [0.2, 0.25) is 5.02 Å². The number of hydrogen-bond acceptors (Lipinski definition) is 2. The van der Waals surface area contributed by atoms with Crippen molar-refractivity contribution in [2.24, 2.45) is 0 Å². The number of halogens is 1. The Kier molecular flexibility index (Phi) is 4.12. The van der Waals surface area contributed by atoms with Gasteiger partial charge in [-0.2, -0.15) is 0 Å². The van der Waals surface area contributed by atoms with E-state index in [9.17, 15) is 9.90 Å². The first-order valence-corrected chi connectivity index (χ1v) is 6.39. The molecule has 0 aliphatic rings. The molecule has 0 aliphatic heterocycles. The molecule has 1 amide bonds. The van der Waals surface area contributed by atoms with Crippen molar-refractivity contribution < 1.29 is 9.90 Å². The van der Waals surface area contributed by atoms with Gasteiger partial charge < -0.3 is 15.0 Å². The van der Waals surface area contributed by atoms with Gasteiger partial charge in [0.15, 0.2) is 0 Å². The quantitative estimate of drug-likeness (QED) is 0.903. The first kappa shape index (κ1) is 13.5. The van der Waals surface area contributed by atoms with E-state index < -0.39 is 0 Å². The number of aryl methyl sites for hydroxylation is 1. The van der Waals surface area contributed by atoms with Gasteiger partial charge in [0.25, 0.3) is 5.91 Å². The molecule has 0 radical (unpaired) electrons. The molecule has 0 saturated heterocycles. The summed E-state index contributed by atoms with van der Waals surface area (Å²) in [5.41, 5.74) is 1.38. The van der Waals surface area contributed by atoms with Crippen LogP contribution in [-0.4, -0.2) is 15.6 Å². The average molecular weight is 279 g/mol. The molecule has 1 heterocycles. The number of carbonyl (C=O) groups is 1. The Labute approximate surface area is 116 Å². The molecule has 5 heteroatoms. The lowest BCUT2D eigenvalue weighted by atomic mass is 10.2. The van der Waals surface area contributed by atoms with Crippen molar-refractivity contribution in [1.82, 2.24) is 9.88 Å². The Hall–Kier alpha value is -1.94. The molecule has 2 N–H and O–H groups in total. The zero-order chi connectivity index (χ0) is 13.8. The highest BCUT2D eigenvalue weighted by atomic mass is 35.5. The van der Waals surface area contributed by atoms with Crippen LogP contribution in [0.25, 0.3) is 0 Å². The Morgan fingerprint density at radius 2 is 2.21 bits per heavy atom. The van der Waals surface area contributed by atoms with Crippen molar-refractivity contribution in [3.63, 3.8) is 0 Å². The van der Waals surface area contributed by atoms with Crippen LogP contribution >= 0.6 is 11.6 Å². The maximum absolute atomic E-state index is 12.0. The van der Waals surface area contributed by atoms with Crippen molar-refractivity contribution in [2.45, 2.75) is 20.0 Å². The number of carbonyl (C=O) groups excluding carboxylic acids is 1. The highest BCUT2D eigenvalue weighted by Crippen LogP contribution is 2.15. The van der Waals surface area contributed by atoms with Gasteiger partial charge >= 0.3 is 0 Å². The Bertz CT molecular complexity index is 593. The first-order valence-electron chi connectivity index (χ1n) is 6.02. The van der Waals surface area contributed by atoms with Gasteiger partial charge in [-0.3, -0.25) is 4.79 Å². The van der Waals surface area contributed by atoms with Crippen molar-refractivity contribution >= 4 is 17.5 Å². The second-order valence-electron chi connectivity index (χ2n) is 4.18. The predicted octanol–water partition coefficient (Wildman–Crippen LogP) is 2.80. The molecule has 1 aromatic carbocycles.